The van der Waals surface area contributed by atoms with Crippen LogP contribution in [0.1, 0.15) is 45.6 Å². The van der Waals surface area contributed by atoms with Gasteiger partial charge in [0.2, 0.25) is 0 Å². The van der Waals surface area contributed by atoms with E-state index in [4.69, 9.17) is 18.8 Å². The van der Waals surface area contributed by atoms with E-state index in [0.29, 0.717) is 23.7 Å². The predicted molar refractivity (Wildman–Crippen MR) is 110 cm³/mol. The summed E-state index contributed by atoms with van der Waals surface area (Å²) >= 11 is 0. The number of hydrogen-bond donors (Lipinski definition) is 0. The highest BCUT2D eigenvalue weighted by Gasteiger charge is 2.68. The Morgan fingerprint density at radius 1 is 1.22 bits per heavy atom. The molecule has 4 aliphatic rings. The van der Waals surface area contributed by atoms with Gasteiger partial charge in [0.25, 0.3) is 0 Å². The highest BCUT2D eigenvalue weighted by atomic mass is 16.7. The van der Waals surface area contributed by atoms with E-state index in [9.17, 15) is 0 Å². The third kappa shape index (κ3) is 3.34. The van der Waals surface area contributed by atoms with Gasteiger partial charge < -0.3 is 18.8 Å². The maximum Gasteiger partial charge on any atom is 0.452 e. The lowest BCUT2D eigenvalue weighted by molar-refractivity contribution is -0.199. The van der Waals surface area contributed by atoms with Crippen molar-refractivity contribution in [1.29, 1.82) is 0 Å². The van der Waals surface area contributed by atoms with E-state index in [1.165, 1.54) is 6.42 Å². The summed E-state index contributed by atoms with van der Waals surface area (Å²) in [6, 6.07) is 8.03. The Morgan fingerprint density at radius 3 is 2.63 bits per heavy atom. The molecule has 1 heterocycles. The molecule has 0 amide bonds. The van der Waals surface area contributed by atoms with Gasteiger partial charge in [0.1, 0.15) is 13.6 Å². The van der Waals surface area contributed by atoms with Crippen molar-refractivity contribution in [3.63, 3.8) is 0 Å². The zero-order valence-electron chi connectivity index (χ0n) is 17.4. The van der Waals surface area contributed by atoms with Crippen LogP contribution in [0.2, 0.25) is 5.72 Å². The third-order valence-corrected chi connectivity index (χ3v) is 7.58. The Kier molecular flexibility index (Phi) is 5.11. The maximum atomic E-state index is 6.55. The van der Waals surface area contributed by atoms with Crippen molar-refractivity contribution in [3.8, 4) is 5.75 Å². The van der Waals surface area contributed by atoms with Crippen LogP contribution in [0.25, 0.3) is 0 Å². The molecule has 0 aromatic heterocycles. The quantitative estimate of drug-likeness (QED) is 0.545. The number of benzene rings is 1. The smallest absolute Gasteiger partial charge is 0.452 e. The van der Waals surface area contributed by atoms with Gasteiger partial charge >= 0.3 is 7.12 Å². The molecule has 5 rings (SSSR count). The summed E-state index contributed by atoms with van der Waals surface area (Å²) in [6.45, 7) is 8.43. The number of methoxy groups -OCH3 is 1. The first-order chi connectivity index (χ1) is 12.8. The zero-order valence-corrected chi connectivity index (χ0v) is 17.4. The third-order valence-electron chi connectivity index (χ3n) is 7.58. The summed E-state index contributed by atoms with van der Waals surface area (Å²) in [4.78, 5) is 0. The molecular weight excluding hydrogens is 338 g/mol. The highest BCUT2D eigenvalue weighted by molar-refractivity contribution is 6.57. The van der Waals surface area contributed by atoms with Crippen LogP contribution in [0, 0.1) is 17.3 Å². The van der Waals surface area contributed by atoms with Crippen LogP contribution in [0.5, 0.6) is 5.75 Å². The second-order valence-corrected chi connectivity index (χ2v) is 9.50. The Balaban J connectivity index is 1.24. The Hall–Kier alpha value is -0.970. The molecule has 3 saturated carbocycles. The van der Waals surface area contributed by atoms with Gasteiger partial charge in [-0.2, -0.15) is 0 Å². The van der Waals surface area contributed by atoms with E-state index >= 15 is 0 Å². The fourth-order valence-electron chi connectivity index (χ4n) is 5.46. The SMILES string of the molecule is B[C@H](CCOCc1ccc(OC)cc1)B1OC2C[C@@H]3CC(C2(C)O1)C3(C)C. The van der Waals surface area contributed by atoms with Crippen molar-refractivity contribution >= 4 is 15.0 Å². The van der Waals surface area contributed by atoms with Crippen LogP contribution in [-0.4, -0.2) is 40.4 Å². The molecule has 1 aromatic carbocycles. The summed E-state index contributed by atoms with van der Waals surface area (Å²) < 4.78 is 24.0. The molecule has 146 valence electrons. The summed E-state index contributed by atoms with van der Waals surface area (Å²) in [5.74, 6) is 2.29. The lowest BCUT2D eigenvalue weighted by atomic mass is 9.43. The molecule has 27 heavy (non-hydrogen) atoms. The van der Waals surface area contributed by atoms with Crippen molar-refractivity contribution in [2.75, 3.05) is 13.7 Å². The largest absolute Gasteiger partial charge is 0.497 e. The average molecular weight is 370 g/mol. The molecule has 1 aliphatic heterocycles. The van der Waals surface area contributed by atoms with E-state index < -0.39 is 0 Å². The first-order valence-electron chi connectivity index (χ1n) is 10.4. The normalized spacial score (nSPS) is 34.7. The number of ether oxygens (including phenoxy) is 2. The molecule has 6 heteroatoms. The summed E-state index contributed by atoms with van der Waals surface area (Å²) in [5, 5.41) is 0. The lowest BCUT2D eigenvalue weighted by Gasteiger charge is -2.64. The van der Waals surface area contributed by atoms with Crippen LogP contribution >= 0.6 is 0 Å². The van der Waals surface area contributed by atoms with Crippen molar-refractivity contribution in [3.05, 3.63) is 29.8 Å². The van der Waals surface area contributed by atoms with Crippen molar-refractivity contribution < 1.29 is 18.8 Å². The van der Waals surface area contributed by atoms with Crippen molar-refractivity contribution in [1.82, 2.24) is 0 Å². The summed E-state index contributed by atoms with van der Waals surface area (Å²) in [6.07, 6.45) is 3.66. The van der Waals surface area contributed by atoms with Crippen LogP contribution in [0.4, 0.5) is 0 Å². The molecule has 0 spiro atoms. The van der Waals surface area contributed by atoms with Gasteiger partial charge in [-0.1, -0.05) is 26.0 Å². The van der Waals surface area contributed by atoms with E-state index in [1.807, 2.05) is 24.3 Å². The van der Waals surface area contributed by atoms with Gasteiger partial charge in [0.15, 0.2) is 0 Å². The van der Waals surface area contributed by atoms with Crippen LogP contribution in [-0.2, 0) is 20.7 Å². The minimum absolute atomic E-state index is 0.0975. The fourth-order valence-corrected chi connectivity index (χ4v) is 5.46. The molecule has 4 nitrogen and oxygen atoms in total. The summed E-state index contributed by atoms with van der Waals surface area (Å²) in [5.41, 5.74) is 1.79. The topological polar surface area (TPSA) is 36.9 Å². The van der Waals surface area contributed by atoms with Crippen LogP contribution in [0.3, 0.4) is 0 Å². The molecule has 5 atom stereocenters. The van der Waals surface area contributed by atoms with Gasteiger partial charge in [-0.3, -0.25) is 0 Å². The molecule has 0 radical (unpaired) electrons. The zero-order chi connectivity index (χ0) is 19.2. The molecule has 3 aliphatic carbocycles. The minimum atomic E-state index is -0.110. The predicted octanol–water partition coefficient (Wildman–Crippen LogP) is 3.29. The summed E-state index contributed by atoms with van der Waals surface area (Å²) in [7, 11) is 3.80. The standard InChI is InChI=1S/C21H32B2O4/c1-20(2)15-11-17(20)21(3)18(12-15)26-23(27-21)19(22)9-10-25-13-14-5-7-16(24-4)8-6-14/h5-8,15,17-19H,9-13,22H2,1-4H3/t15-,17?,18?,19-,21?/m0/s1. The molecule has 1 saturated heterocycles. The van der Waals surface area contributed by atoms with Gasteiger partial charge in [-0.25, -0.2) is 0 Å². The second-order valence-electron chi connectivity index (χ2n) is 9.50. The Labute approximate surface area is 164 Å². The van der Waals surface area contributed by atoms with Gasteiger partial charge in [-0.15, -0.1) is 0 Å². The molecule has 0 N–H and O–H groups in total. The average Bonchev–Trinajstić information content (AvgIpc) is 3.02. The molecule has 2 bridgehead atoms. The van der Waals surface area contributed by atoms with Crippen LogP contribution < -0.4 is 4.74 Å². The maximum absolute atomic E-state index is 6.55. The molecule has 3 unspecified atom stereocenters. The fraction of sp³-hybridized carbons (Fsp3) is 0.714. The van der Waals surface area contributed by atoms with Crippen molar-refractivity contribution in [2.24, 2.45) is 17.3 Å². The van der Waals surface area contributed by atoms with E-state index in [1.54, 1.807) is 7.11 Å². The highest BCUT2D eigenvalue weighted by Crippen LogP contribution is 2.66. The van der Waals surface area contributed by atoms with Crippen molar-refractivity contribution in [2.45, 2.75) is 64.1 Å². The molecular formula is C21H32B2O4. The van der Waals surface area contributed by atoms with E-state index in [-0.39, 0.29) is 18.8 Å². The molecule has 4 fully saturated rings. The van der Waals surface area contributed by atoms with Crippen LogP contribution in [0.15, 0.2) is 24.3 Å². The first-order valence-corrected chi connectivity index (χ1v) is 10.4. The molecule has 1 aromatic rings. The monoisotopic (exact) mass is 370 g/mol. The Morgan fingerprint density at radius 2 is 1.96 bits per heavy atom. The first kappa shape index (κ1) is 19.4. The van der Waals surface area contributed by atoms with Gasteiger partial charge in [-0.05, 0) is 66.8 Å². The minimum Gasteiger partial charge on any atom is -0.497 e. The number of hydrogen-bond acceptors (Lipinski definition) is 4. The van der Waals surface area contributed by atoms with Gasteiger partial charge in [0.05, 0.1) is 25.4 Å². The van der Waals surface area contributed by atoms with Gasteiger partial charge in [0, 0.05) is 6.61 Å². The second kappa shape index (κ2) is 7.13. The number of rotatable bonds is 7. The van der Waals surface area contributed by atoms with E-state index in [2.05, 4.69) is 28.6 Å². The lowest BCUT2D eigenvalue weighted by Crippen LogP contribution is -2.65. The van der Waals surface area contributed by atoms with E-state index in [0.717, 1.165) is 36.7 Å². The Bertz CT molecular complexity index is 665.